The molecule has 1 aliphatic carbocycles. The van der Waals surface area contributed by atoms with Crippen LogP contribution in [0.1, 0.15) is 37.7 Å². The average molecular weight is 373 g/mol. The van der Waals surface area contributed by atoms with E-state index in [1.807, 2.05) is 0 Å². The van der Waals surface area contributed by atoms with Crippen molar-refractivity contribution in [1.29, 1.82) is 0 Å². The van der Waals surface area contributed by atoms with Crippen LogP contribution >= 0.6 is 11.6 Å². The second kappa shape index (κ2) is 7.74. The molecule has 0 spiro atoms. The number of benzene rings is 1. The zero-order valence-corrected chi connectivity index (χ0v) is 16.0. The van der Waals surface area contributed by atoms with Gasteiger partial charge in [-0.05, 0) is 37.5 Å². The molecule has 1 aliphatic rings. The van der Waals surface area contributed by atoms with E-state index in [0.29, 0.717) is 10.7 Å². The van der Waals surface area contributed by atoms with Crippen molar-refractivity contribution in [3.8, 4) is 0 Å². The number of carbonyl (C=O) groups excluding carboxylic acids is 1. The first-order valence-electron chi connectivity index (χ1n) is 8.19. The largest absolute Gasteiger partial charge is 0.341 e. The van der Waals surface area contributed by atoms with E-state index in [9.17, 15) is 13.2 Å². The second-order valence-corrected chi connectivity index (χ2v) is 8.84. The van der Waals surface area contributed by atoms with Crippen LogP contribution in [-0.2, 0) is 14.8 Å². The maximum Gasteiger partial charge on any atom is 0.243 e. The fourth-order valence-corrected chi connectivity index (χ4v) is 4.20. The third kappa shape index (κ3) is 4.63. The van der Waals surface area contributed by atoms with Gasteiger partial charge in [0.25, 0.3) is 0 Å². The third-order valence-corrected chi connectivity index (χ3v) is 6.00. The van der Waals surface area contributed by atoms with Gasteiger partial charge in [0, 0.05) is 18.1 Å². The van der Waals surface area contributed by atoms with E-state index in [2.05, 4.69) is 0 Å². The lowest BCUT2D eigenvalue weighted by Gasteiger charge is -2.33. The molecule has 1 aromatic carbocycles. The van der Waals surface area contributed by atoms with Gasteiger partial charge in [-0.3, -0.25) is 9.10 Å². The van der Waals surface area contributed by atoms with Crippen molar-refractivity contribution in [2.24, 2.45) is 0 Å². The van der Waals surface area contributed by atoms with Crippen molar-refractivity contribution in [1.82, 2.24) is 4.90 Å². The molecule has 0 radical (unpaired) electrons. The van der Waals surface area contributed by atoms with Crippen molar-refractivity contribution in [3.63, 3.8) is 0 Å². The molecule has 1 saturated carbocycles. The molecule has 0 aliphatic heterocycles. The third-order valence-electron chi connectivity index (χ3n) is 4.63. The van der Waals surface area contributed by atoms with Gasteiger partial charge in [0.2, 0.25) is 15.9 Å². The van der Waals surface area contributed by atoms with Crippen LogP contribution in [0.3, 0.4) is 0 Å². The number of nitrogens with zero attached hydrogens (tertiary/aromatic N) is 2. The number of hydrogen-bond donors (Lipinski definition) is 0. The fraction of sp³-hybridized carbons (Fsp3) is 0.588. The second-order valence-electron chi connectivity index (χ2n) is 6.50. The lowest BCUT2D eigenvalue weighted by molar-refractivity contribution is -0.130. The van der Waals surface area contributed by atoms with E-state index in [4.69, 9.17) is 11.6 Å². The Bertz CT molecular complexity index is 700. The van der Waals surface area contributed by atoms with E-state index in [-0.39, 0.29) is 18.5 Å². The summed E-state index contributed by atoms with van der Waals surface area (Å²) in [6.45, 7) is 1.60. The molecule has 2 rings (SSSR count). The summed E-state index contributed by atoms with van der Waals surface area (Å²) in [4.78, 5) is 14.4. The normalized spacial score (nSPS) is 16.0. The van der Waals surface area contributed by atoms with Crippen LogP contribution in [0, 0.1) is 6.92 Å². The van der Waals surface area contributed by atoms with Crippen molar-refractivity contribution >= 4 is 33.2 Å². The average Bonchev–Trinajstić information content (AvgIpc) is 2.54. The van der Waals surface area contributed by atoms with E-state index < -0.39 is 10.0 Å². The van der Waals surface area contributed by atoms with Gasteiger partial charge in [0.1, 0.15) is 6.54 Å². The summed E-state index contributed by atoms with van der Waals surface area (Å²) in [5.74, 6) is -0.188. The van der Waals surface area contributed by atoms with Gasteiger partial charge in [-0.1, -0.05) is 36.9 Å². The molecule has 134 valence electrons. The van der Waals surface area contributed by atoms with E-state index in [0.717, 1.165) is 41.8 Å². The molecule has 0 atom stereocenters. The van der Waals surface area contributed by atoms with Gasteiger partial charge in [0.15, 0.2) is 0 Å². The summed E-state index contributed by atoms with van der Waals surface area (Å²) >= 11 is 6.01. The van der Waals surface area contributed by atoms with Crippen molar-refractivity contribution in [3.05, 3.63) is 28.8 Å². The summed E-state index contributed by atoms with van der Waals surface area (Å²) in [6.07, 6.45) is 6.52. The Balaban J connectivity index is 2.23. The zero-order valence-electron chi connectivity index (χ0n) is 14.5. The first-order chi connectivity index (χ1) is 11.2. The highest BCUT2D eigenvalue weighted by molar-refractivity contribution is 7.92. The standard InChI is InChI=1S/C17H25ClN2O3S/c1-13-9-10-14(18)11-16(13)20(24(3,22)23)12-17(21)19(2)15-7-5-4-6-8-15/h9-11,15H,4-8,12H2,1-3H3. The van der Waals surface area contributed by atoms with Crippen LogP contribution in [-0.4, -0.2) is 45.1 Å². The summed E-state index contributed by atoms with van der Waals surface area (Å²) in [5.41, 5.74) is 1.22. The Hall–Kier alpha value is -1.27. The summed E-state index contributed by atoms with van der Waals surface area (Å²) in [5, 5.41) is 0.442. The number of aryl methyl sites for hydroxylation is 1. The van der Waals surface area contributed by atoms with Crippen LogP contribution in [0.5, 0.6) is 0 Å². The minimum Gasteiger partial charge on any atom is -0.341 e. The Morgan fingerprint density at radius 3 is 2.46 bits per heavy atom. The van der Waals surface area contributed by atoms with E-state index in [1.165, 1.54) is 6.42 Å². The van der Waals surface area contributed by atoms with Crippen molar-refractivity contribution in [2.45, 2.75) is 45.1 Å². The molecular weight excluding hydrogens is 348 g/mol. The predicted molar refractivity (Wildman–Crippen MR) is 98.0 cm³/mol. The lowest BCUT2D eigenvalue weighted by Crippen LogP contribution is -2.45. The minimum atomic E-state index is -3.59. The molecule has 5 nitrogen and oxygen atoms in total. The molecule has 0 bridgehead atoms. The number of hydrogen-bond acceptors (Lipinski definition) is 3. The lowest BCUT2D eigenvalue weighted by atomic mass is 9.94. The zero-order chi connectivity index (χ0) is 17.9. The van der Waals surface area contributed by atoms with Crippen LogP contribution in [0.15, 0.2) is 18.2 Å². The molecular formula is C17H25ClN2O3S. The Morgan fingerprint density at radius 2 is 1.88 bits per heavy atom. The van der Waals surface area contributed by atoms with Gasteiger partial charge in [0.05, 0.1) is 11.9 Å². The molecule has 1 fully saturated rings. The van der Waals surface area contributed by atoms with Gasteiger partial charge >= 0.3 is 0 Å². The fourth-order valence-electron chi connectivity index (χ4n) is 3.14. The van der Waals surface area contributed by atoms with Crippen LogP contribution < -0.4 is 4.31 Å². The number of anilines is 1. The highest BCUT2D eigenvalue weighted by Gasteiger charge is 2.27. The van der Waals surface area contributed by atoms with Crippen molar-refractivity contribution < 1.29 is 13.2 Å². The molecule has 0 unspecified atom stereocenters. The topological polar surface area (TPSA) is 57.7 Å². The van der Waals surface area contributed by atoms with Gasteiger partial charge < -0.3 is 4.90 Å². The smallest absolute Gasteiger partial charge is 0.243 e. The first-order valence-corrected chi connectivity index (χ1v) is 10.4. The highest BCUT2D eigenvalue weighted by atomic mass is 35.5. The van der Waals surface area contributed by atoms with Gasteiger partial charge in [-0.15, -0.1) is 0 Å². The van der Waals surface area contributed by atoms with Crippen LogP contribution in [0.25, 0.3) is 0 Å². The predicted octanol–water partition coefficient (Wildman–Crippen LogP) is 3.21. The number of halogens is 1. The Morgan fingerprint density at radius 1 is 1.25 bits per heavy atom. The summed E-state index contributed by atoms with van der Waals surface area (Å²) < 4.78 is 25.6. The number of carbonyl (C=O) groups is 1. The number of likely N-dealkylation sites (N-methyl/N-ethyl adjacent to an activating group) is 1. The maximum atomic E-state index is 12.7. The molecule has 0 aromatic heterocycles. The van der Waals surface area contributed by atoms with Crippen LogP contribution in [0.4, 0.5) is 5.69 Å². The first kappa shape index (κ1) is 19.1. The SMILES string of the molecule is Cc1ccc(Cl)cc1N(CC(=O)N(C)C1CCCCC1)S(C)(=O)=O. The number of rotatable bonds is 5. The Labute approximate surface area is 149 Å². The Kier molecular flexibility index (Phi) is 6.15. The molecule has 1 aromatic rings. The molecule has 1 amide bonds. The number of sulfonamides is 1. The van der Waals surface area contributed by atoms with E-state index in [1.54, 1.807) is 37.1 Å². The van der Waals surface area contributed by atoms with E-state index >= 15 is 0 Å². The maximum absolute atomic E-state index is 12.7. The molecule has 0 heterocycles. The van der Waals surface area contributed by atoms with Crippen LogP contribution in [0.2, 0.25) is 5.02 Å². The summed E-state index contributed by atoms with van der Waals surface area (Å²) in [7, 11) is -1.82. The molecule has 24 heavy (non-hydrogen) atoms. The minimum absolute atomic E-state index is 0.188. The molecule has 0 saturated heterocycles. The summed E-state index contributed by atoms with van der Waals surface area (Å²) in [6, 6.07) is 5.25. The molecule has 7 heteroatoms. The quantitative estimate of drug-likeness (QED) is 0.797. The highest BCUT2D eigenvalue weighted by Crippen LogP contribution is 2.27. The van der Waals surface area contributed by atoms with Crippen molar-refractivity contribution in [2.75, 3.05) is 24.2 Å². The van der Waals surface area contributed by atoms with Gasteiger partial charge in [-0.2, -0.15) is 0 Å². The molecule has 0 N–H and O–H groups in total. The number of amides is 1. The monoisotopic (exact) mass is 372 g/mol. The van der Waals surface area contributed by atoms with Gasteiger partial charge in [-0.25, -0.2) is 8.42 Å².